The number of furan rings is 1. The van der Waals surface area contributed by atoms with Crippen LogP contribution in [0.2, 0.25) is 0 Å². The summed E-state index contributed by atoms with van der Waals surface area (Å²) >= 11 is 0. The van der Waals surface area contributed by atoms with E-state index in [2.05, 4.69) is 10.00 Å². The monoisotopic (exact) mass is 423 g/mol. The van der Waals surface area contributed by atoms with Crippen molar-refractivity contribution in [3.63, 3.8) is 0 Å². The predicted octanol–water partition coefficient (Wildman–Crippen LogP) is 3.01. The Morgan fingerprint density at radius 1 is 1.13 bits per heavy atom. The van der Waals surface area contributed by atoms with Crippen LogP contribution in [0.3, 0.4) is 0 Å². The molecular weight excluding hydrogens is 398 g/mol. The van der Waals surface area contributed by atoms with Gasteiger partial charge in [0.2, 0.25) is 0 Å². The Labute approximate surface area is 180 Å². The van der Waals surface area contributed by atoms with Crippen molar-refractivity contribution in [3.05, 3.63) is 81.1 Å². The summed E-state index contributed by atoms with van der Waals surface area (Å²) in [7, 11) is 0. The summed E-state index contributed by atoms with van der Waals surface area (Å²) in [4.78, 5) is 28.0. The van der Waals surface area contributed by atoms with Gasteiger partial charge >= 0.3 is 5.69 Å². The number of aromatic nitrogens is 2. The fraction of sp³-hybridized carbons (Fsp3) is 0.364. The van der Waals surface area contributed by atoms with Gasteiger partial charge < -0.3 is 9.32 Å². The molecule has 1 fully saturated rings. The van der Waals surface area contributed by atoms with E-state index < -0.39 is 4.92 Å². The molecule has 0 saturated carbocycles. The molecule has 1 amide bonds. The zero-order valence-electron chi connectivity index (χ0n) is 17.7. The first-order valence-electron chi connectivity index (χ1n) is 10.2. The highest BCUT2D eigenvalue weighted by Gasteiger charge is 2.24. The van der Waals surface area contributed by atoms with Crippen LogP contribution in [-0.4, -0.2) is 56.6 Å². The molecule has 0 unspecified atom stereocenters. The maximum absolute atomic E-state index is 13.0. The molecule has 0 bridgehead atoms. The number of carbonyl (C=O) groups is 1. The molecule has 0 N–H and O–H groups in total. The molecule has 162 valence electrons. The van der Waals surface area contributed by atoms with Gasteiger partial charge in [-0.2, -0.15) is 5.10 Å². The molecule has 2 aromatic heterocycles. The maximum atomic E-state index is 13.0. The molecule has 1 aliphatic heterocycles. The van der Waals surface area contributed by atoms with Crippen molar-refractivity contribution >= 4 is 11.6 Å². The molecular formula is C22H25N5O4. The SMILES string of the molecule is Cc1nn(Cc2cccc(C(=O)N3CCN(Cc4ccco4)CC3)c2)c(C)c1[N+](=O)[O-]. The molecule has 9 heteroatoms. The molecule has 1 saturated heterocycles. The van der Waals surface area contributed by atoms with Crippen LogP contribution in [-0.2, 0) is 13.1 Å². The third kappa shape index (κ3) is 4.51. The van der Waals surface area contributed by atoms with Crippen molar-refractivity contribution in [1.29, 1.82) is 0 Å². The minimum absolute atomic E-state index is 0.00107. The van der Waals surface area contributed by atoms with Gasteiger partial charge in [-0.1, -0.05) is 12.1 Å². The van der Waals surface area contributed by atoms with Gasteiger partial charge in [0.25, 0.3) is 5.91 Å². The fourth-order valence-electron chi connectivity index (χ4n) is 4.00. The lowest BCUT2D eigenvalue weighted by molar-refractivity contribution is -0.386. The third-order valence-corrected chi connectivity index (χ3v) is 5.65. The van der Waals surface area contributed by atoms with Crippen LogP contribution >= 0.6 is 0 Å². The Morgan fingerprint density at radius 2 is 1.90 bits per heavy atom. The summed E-state index contributed by atoms with van der Waals surface area (Å²) in [5.41, 5.74) is 2.43. The molecule has 1 aliphatic rings. The molecule has 3 aromatic rings. The Hall–Kier alpha value is -3.46. The van der Waals surface area contributed by atoms with E-state index in [0.717, 1.165) is 31.0 Å². The summed E-state index contributed by atoms with van der Waals surface area (Å²) in [6.45, 7) is 7.35. The zero-order chi connectivity index (χ0) is 22.0. The Kier molecular flexibility index (Phi) is 5.85. The van der Waals surface area contributed by atoms with Crippen LogP contribution in [0.25, 0.3) is 0 Å². The first-order valence-corrected chi connectivity index (χ1v) is 10.2. The van der Waals surface area contributed by atoms with Crippen molar-refractivity contribution in [1.82, 2.24) is 19.6 Å². The van der Waals surface area contributed by atoms with E-state index in [1.165, 1.54) is 0 Å². The number of hydrogen-bond donors (Lipinski definition) is 0. The summed E-state index contributed by atoms with van der Waals surface area (Å²) in [5.74, 6) is 0.927. The molecule has 0 radical (unpaired) electrons. The second-order valence-corrected chi connectivity index (χ2v) is 7.78. The van der Waals surface area contributed by atoms with Gasteiger partial charge in [0, 0.05) is 31.7 Å². The summed E-state index contributed by atoms with van der Waals surface area (Å²) < 4.78 is 7.02. The molecule has 4 rings (SSSR count). The average Bonchev–Trinajstić information content (AvgIpc) is 3.36. The largest absolute Gasteiger partial charge is 0.468 e. The molecule has 31 heavy (non-hydrogen) atoms. The summed E-state index contributed by atoms with van der Waals surface area (Å²) in [6, 6.07) is 11.2. The van der Waals surface area contributed by atoms with Gasteiger partial charge in [-0.25, -0.2) is 0 Å². The van der Waals surface area contributed by atoms with Gasteiger partial charge in [-0.3, -0.25) is 24.5 Å². The van der Waals surface area contributed by atoms with Crippen LogP contribution in [0.15, 0.2) is 47.1 Å². The number of benzene rings is 1. The number of carbonyl (C=O) groups excluding carboxylic acids is 1. The number of aryl methyl sites for hydroxylation is 1. The summed E-state index contributed by atoms with van der Waals surface area (Å²) in [5, 5.41) is 15.5. The highest BCUT2D eigenvalue weighted by atomic mass is 16.6. The van der Waals surface area contributed by atoms with Gasteiger partial charge in [0.15, 0.2) is 0 Å². The molecule has 0 atom stereocenters. The smallest absolute Gasteiger partial charge is 0.312 e. The Bertz CT molecular complexity index is 1080. The van der Waals surface area contributed by atoms with E-state index in [-0.39, 0.29) is 11.6 Å². The lowest BCUT2D eigenvalue weighted by atomic mass is 10.1. The second kappa shape index (κ2) is 8.73. The van der Waals surface area contributed by atoms with Crippen LogP contribution in [0.4, 0.5) is 5.69 Å². The minimum Gasteiger partial charge on any atom is -0.468 e. The maximum Gasteiger partial charge on any atom is 0.312 e. The van der Waals surface area contributed by atoms with E-state index in [4.69, 9.17) is 4.42 Å². The van der Waals surface area contributed by atoms with E-state index >= 15 is 0 Å². The van der Waals surface area contributed by atoms with Crippen LogP contribution in [0.5, 0.6) is 0 Å². The number of nitro groups is 1. The van der Waals surface area contributed by atoms with E-state index in [1.807, 2.05) is 41.3 Å². The normalized spacial score (nSPS) is 14.7. The van der Waals surface area contributed by atoms with Crippen molar-refractivity contribution in [2.45, 2.75) is 26.9 Å². The zero-order valence-corrected chi connectivity index (χ0v) is 17.7. The highest BCUT2D eigenvalue weighted by molar-refractivity contribution is 5.94. The fourth-order valence-corrected chi connectivity index (χ4v) is 4.00. The Balaban J connectivity index is 1.41. The number of hydrogen-bond acceptors (Lipinski definition) is 6. The van der Waals surface area contributed by atoms with E-state index in [0.29, 0.717) is 36.6 Å². The van der Waals surface area contributed by atoms with Crippen molar-refractivity contribution < 1.29 is 14.1 Å². The van der Waals surface area contributed by atoms with Gasteiger partial charge in [0.05, 0.1) is 24.3 Å². The number of piperazine rings is 1. The van der Waals surface area contributed by atoms with Gasteiger partial charge in [0.1, 0.15) is 17.1 Å². The van der Waals surface area contributed by atoms with E-state index in [1.54, 1.807) is 24.8 Å². The molecule has 3 heterocycles. The third-order valence-electron chi connectivity index (χ3n) is 5.65. The first-order chi connectivity index (χ1) is 14.9. The molecule has 9 nitrogen and oxygen atoms in total. The molecule has 0 spiro atoms. The lowest BCUT2D eigenvalue weighted by Crippen LogP contribution is -2.48. The van der Waals surface area contributed by atoms with E-state index in [9.17, 15) is 14.9 Å². The van der Waals surface area contributed by atoms with Gasteiger partial charge in [-0.05, 0) is 43.7 Å². The van der Waals surface area contributed by atoms with Gasteiger partial charge in [-0.15, -0.1) is 0 Å². The number of nitrogens with zero attached hydrogens (tertiary/aromatic N) is 5. The molecule has 0 aliphatic carbocycles. The van der Waals surface area contributed by atoms with Crippen LogP contribution in [0, 0.1) is 24.0 Å². The van der Waals surface area contributed by atoms with Crippen molar-refractivity contribution in [2.24, 2.45) is 0 Å². The standard InChI is InChI=1S/C22H25N5O4/c1-16-21(27(29)30)17(2)26(23-16)14-18-5-3-6-19(13-18)22(28)25-10-8-24(9-11-25)15-20-7-4-12-31-20/h3-7,12-13H,8-11,14-15H2,1-2H3. The lowest BCUT2D eigenvalue weighted by Gasteiger charge is -2.34. The highest BCUT2D eigenvalue weighted by Crippen LogP contribution is 2.23. The van der Waals surface area contributed by atoms with Crippen molar-refractivity contribution in [3.8, 4) is 0 Å². The quantitative estimate of drug-likeness (QED) is 0.447. The van der Waals surface area contributed by atoms with Crippen molar-refractivity contribution in [2.75, 3.05) is 26.2 Å². The number of amides is 1. The topological polar surface area (TPSA) is 97.7 Å². The minimum atomic E-state index is -0.403. The van der Waals surface area contributed by atoms with Crippen LogP contribution < -0.4 is 0 Å². The number of rotatable bonds is 6. The second-order valence-electron chi connectivity index (χ2n) is 7.78. The Morgan fingerprint density at radius 3 is 2.55 bits per heavy atom. The van der Waals surface area contributed by atoms with Crippen LogP contribution in [0.1, 0.15) is 33.1 Å². The molecule has 1 aromatic carbocycles. The summed E-state index contributed by atoms with van der Waals surface area (Å²) in [6.07, 6.45) is 1.67. The first kappa shape index (κ1) is 20.8. The average molecular weight is 423 g/mol. The predicted molar refractivity (Wildman–Crippen MR) is 114 cm³/mol.